The van der Waals surface area contributed by atoms with E-state index in [4.69, 9.17) is 46.4 Å². The maximum Gasteiger partial charge on any atom is 3.00 e. The summed E-state index contributed by atoms with van der Waals surface area (Å²) in [5, 5.41) is 0.389. The molecule has 0 aliphatic carbocycles. The van der Waals surface area contributed by atoms with Crippen molar-refractivity contribution in [1.29, 1.82) is 0 Å². The second-order valence-electron chi connectivity index (χ2n) is 7.02. The number of benzene rings is 2. The summed E-state index contributed by atoms with van der Waals surface area (Å²) >= 11 is 22.3. The second-order valence-corrected chi connectivity index (χ2v) is 9.40. The zero-order chi connectivity index (χ0) is 23.0. The van der Waals surface area contributed by atoms with E-state index in [1.165, 1.54) is 44.8 Å². The van der Waals surface area contributed by atoms with Crippen molar-refractivity contribution in [1.82, 2.24) is 4.57 Å². The third-order valence-corrected chi connectivity index (χ3v) is 5.35. The smallest absolute Gasteiger partial charge is 1.00 e. The van der Waals surface area contributed by atoms with Crippen LogP contribution in [0.1, 0.15) is 33.4 Å². The van der Waals surface area contributed by atoms with Crippen molar-refractivity contribution < 1.29 is 41.8 Å². The zero-order valence-electron chi connectivity index (χ0n) is 19.8. The quantitative estimate of drug-likeness (QED) is 0.147. The Morgan fingerprint density at radius 3 is 1.38 bits per heavy atom. The van der Waals surface area contributed by atoms with Crippen molar-refractivity contribution in [2.45, 2.75) is 41.5 Å². The van der Waals surface area contributed by atoms with E-state index in [1.54, 1.807) is 0 Å². The third kappa shape index (κ3) is 11.6. The van der Waals surface area contributed by atoms with Gasteiger partial charge in [-0.15, -0.1) is 46.4 Å². The molecule has 0 spiro atoms. The van der Waals surface area contributed by atoms with E-state index in [0.29, 0.717) is 0 Å². The Bertz CT molecular complexity index is 874. The van der Waals surface area contributed by atoms with Crippen LogP contribution in [0.3, 0.4) is 0 Å². The monoisotopic (exact) mass is 866 g/mol. The van der Waals surface area contributed by atoms with Crippen LogP contribution < -0.4 is 46.5 Å². The van der Waals surface area contributed by atoms with E-state index in [-0.39, 0.29) is 74.1 Å². The fourth-order valence-electron chi connectivity index (χ4n) is 3.82. The number of aromatic nitrogens is 2. The van der Waals surface area contributed by atoms with Crippen molar-refractivity contribution in [2.24, 2.45) is 0 Å². The van der Waals surface area contributed by atoms with E-state index in [9.17, 15) is 0 Å². The molecule has 0 saturated heterocycles. The number of rotatable bonds is 2. The number of alkyl halides is 4. The Morgan fingerprint density at radius 1 is 0.706 bits per heavy atom. The molecule has 2 radical (unpaired) electrons. The van der Waals surface area contributed by atoms with Gasteiger partial charge in [-0.3, -0.25) is 0 Å². The van der Waals surface area contributed by atoms with E-state index in [0.717, 1.165) is 4.72 Å². The van der Waals surface area contributed by atoms with Gasteiger partial charge in [0.15, 0.2) is 0 Å². The zero-order valence-corrected chi connectivity index (χ0v) is 30.3. The van der Waals surface area contributed by atoms with Gasteiger partial charge in [0.1, 0.15) is 0 Å². The summed E-state index contributed by atoms with van der Waals surface area (Å²) in [6.07, 6.45) is 4.30. The molecule has 0 fully saturated rings. The molecule has 0 aliphatic heterocycles. The maximum atomic E-state index is 4.76. The molecule has 0 unspecified atom stereocenters. The molecule has 0 saturated carbocycles. The third-order valence-electron chi connectivity index (χ3n) is 4.53. The minimum absolute atomic E-state index is 0. The van der Waals surface area contributed by atoms with Crippen LogP contribution in [0.2, 0.25) is 0 Å². The van der Waals surface area contributed by atoms with Crippen molar-refractivity contribution in [3.8, 4) is 11.4 Å². The minimum atomic E-state index is 0. The van der Waals surface area contributed by atoms with Gasteiger partial charge in [0.25, 0.3) is 0 Å². The number of nitrogens with zero attached hydrogens (tertiary/aromatic N) is 2. The van der Waals surface area contributed by atoms with E-state index in [2.05, 4.69) is 103 Å². The molecule has 0 aliphatic rings. The molecule has 3 aromatic rings. The number of hydrogen-bond acceptors (Lipinski definition) is 0. The second kappa shape index (κ2) is 21.1. The van der Waals surface area contributed by atoms with Crippen LogP contribution in [0, 0.1) is 41.5 Å². The van der Waals surface area contributed by atoms with E-state index >= 15 is 0 Å². The predicted octanol–water partition coefficient (Wildman–Crippen LogP) is -3.13. The molecule has 1 aromatic heterocycles. The Hall–Kier alpha value is 1.08. The van der Waals surface area contributed by atoms with Gasteiger partial charge in [0, 0.05) is 0 Å². The maximum absolute atomic E-state index is 4.76. The van der Waals surface area contributed by atoms with Gasteiger partial charge in [-0.25, -0.2) is 0 Å². The van der Waals surface area contributed by atoms with Crippen LogP contribution in [0.4, 0.5) is 0 Å². The minimum Gasteiger partial charge on any atom is -1.00 e. The first-order valence-electron chi connectivity index (χ1n) is 9.33. The van der Waals surface area contributed by atoms with Gasteiger partial charge >= 0.3 is 179 Å². The van der Waals surface area contributed by atoms with E-state index < -0.39 is 0 Å². The SMILES string of the molecule is Cc1cc(C)c(-n2cc[n+](-c3c(C)cc(C)cc3C)c2[Se-])c(C)c1.ClCCl.ClCCl.[Bi+3].[Cl-].[Cl-].[Cl-]. The topological polar surface area (TPSA) is 8.81 Å². The van der Waals surface area contributed by atoms with E-state index in [1.807, 2.05) is 0 Å². The Morgan fingerprint density at radius 2 is 1.03 bits per heavy atom. The summed E-state index contributed by atoms with van der Waals surface area (Å²) < 4.78 is 5.60. The van der Waals surface area contributed by atoms with Crippen LogP contribution in [0.15, 0.2) is 36.7 Å². The van der Waals surface area contributed by atoms with Gasteiger partial charge in [-0.2, -0.15) is 0 Å². The van der Waals surface area contributed by atoms with Crippen LogP contribution in [0.25, 0.3) is 11.4 Å². The molecular weight excluding hydrogens is 840 g/mol. The molecule has 0 atom stereocenters. The van der Waals surface area contributed by atoms with Gasteiger partial charge in [-0.1, -0.05) is 0 Å². The predicted molar refractivity (Wildman–Crippen MR) is 140 cm³/mol. The van der Waals surface area contributed by atoms with Crippen molar-refractivity contribution in [3.63, 3.8) is 0 Å². The van der Waals surface area contributed by atoms with Crippen LogP contribution in [0.5, 0.6) is 0 Å². The molecule has 190 valence electrons. The number of halogens is 7. The summed E-state index contributed by atoms with van der Waals surface area (Å²) in [4.78, 5) is 0. The largest absolute Gasteiger partial charge is 3.00 e. The molecule has 2 aromatic carbocycles. The molecule has 0 bridgehead atoms. The first kappa shape index (κ1) is 42.2. The number of hydrogen-bond donors (Lipinski definition) is 0. The summed E-state index contributed by atoms with van der Waals surface area (Å²) in [6, 6.07) is 8.98. The average molecular weight is 869 g/mol. The Kier molecular flexibility index (Phi) is 26.1. The molecule has 3 rings (SSSR count). The molecular formula is C23H28BiCl7N2Se. The first-order chi connectivity index (χ1) is 14.1. The molecule has 1 heterocycles. The van der Waals surface area contributed by atoms with Crippen molar-refractivity contribution >= 4 is 93.3 Å². The molecule has 34 heavy (non-hydrogen) atoms. The van der Waals surface area contributed by atoms with Crippen LogP contribution >= 0.6 is 46.4 Å². The molecule has 0 N–H and O–H groups in total. The normalized spacial score (nSPS) is 8.88. The summed E-state index contributed by atoms with van der Waals surface area (Å²) in [7, 11) is 0. The van der Waals surface area contributed by atoms with Crippen LogP contribution in [-0.2, 0) is 0 Å². The number of imidazole rings is 1. The Labute approximate surface area is 270 Å². The number of aryl methyl sites for hydroxylation is 6. The van der Waals surface area contributed by atoms with Crippen molar-refractivity contribution in [2.75, 3.05) is 10.7 Å². The van der Waals surface area contributed by atoms with Crippen molar-refractivity contribution in [3.05, 3.63) is 70.0 Å². The van der Waals surface area contributed by atoms with Gasteiger partial charge in [0.2, 0.25) is 0 Å². The molecule has 0 amide bonds. The summed E-state index contributed by atoms with van der Waals surface area (Å²) in [5.74, 6) is 0. The molecule has 2 nitrogen and oxygen atoms in total. The molecule has 11 heteroatoms. The first-order valence-corrected chi connectivity index (χ1v) is 12.3. The summed E-state index contributed by atoms with van der Waals surface area (Å²) in [6.45, 7) is 13.0. The summed E-state index contributed by atoms with van der Waals surface area (Å²) in [5.41, 5.74) is 10.3. The standard InChI is InChI=1S/C21H24N2Se.2CH2Cl2.Bi.3ClH/c1-13-9-15(3)19(16(4)10-13)22-7-8-23(21(22)24)20-17(5)11-14(2)12-18(20)6;2*2-1-3;;;;/h7-12H,1-6H3;2*1H2;;3*1H/q;;;+3;;;/p-3. The fraction of sp³-hybridized carbons (Fsp3) is 0.348. The average Bonchev–Trinajstić information content (AvgIpc) is 2.96. The van der Waals surface area contributed by atoms with Gasteiger partial charge < -0.3 is 37.2 Å². The fourth-order valence-corrected chi connectivity index (χ4v) is 4.46. The Balaban J connectivity index is -0.000000409. The van der Waals surface area contributed by atoms with Crippen LogP contribution in [-0.4, -0.2) is 57.5 Å². The van der Waals surface area contributed by atoms with Gasteiger partial charge in [-0.05, 0) is 0 Å². The van der Waals surface area contributed by atoms with Gasteiger partial charge in [0.05, 0.1) is 10.7 Å².